The Hall–Kier alpha value is -3.53. The van der Waals surface area contributed by atoms with E-state index >= 15 is 0 Å². The Morgan fingerprint density at radius 1 is 1.06 bits per heavy atom. The summed E-state index contributed by atoms with van der Waals surface area (Å²) in [5, 5.41) is 9.79. The van der Waals surface area contributed by atoms with E-state index in [0.29, 0.717) is 25.4 Å². The molecule has 0 radical (unpaired) electrons. The SMILES string of the molecule is COc1ccc(-n2c(C)cc(/C=C(\C#N)C(=O)N3CCC(CC(=O)N4CCCC4)CC3)c2C)cc1. The lowest BCUT2D eigenvalue weighted by atomic mass is 9.92. The molecule has 7 heteroatoms. The summed E-state index contributed by atoms with van der Waals surface area (Å²) in [4.78, 5) is 29.3. The standard InChI is InChI=1S/C28H34N4O3/c1-20-16-23(21(2)32(20)25-6-8-26(35-3)9-7-25)18-24(19-29)28(34)31-14-10-22(11-15-31)17-27(33)30-12-4-5-13-30/h6-9,16,18,22H,4-5,10-15,17H2,1-3H3/b24-18+. The number of rotatable bonds is 6. The smallest absolute Gasteiger partial charge is 0.264 e. The van der Waals surface area contributed by atoms with E-state index in [-0.39, 0.29) is 17.4 Å². The fraction of sp³-hybridized carbons (Fsp3) is 0.464. The molecule has 2 aromatic rings. The first kappa shape index (κ1) is 24.6. The van der Waals surface area contributed by atoms with Crippen LogP contribution in [-0.2, 0) is 9.59 Å². The van der Waals surface area contributed by atoms with Crippen molar-refractivity contribution in [2.45, 2.75) is 46.0 Å². The van der Waals surface area contributed by atoms with E-state index in [4.69, 9.17) is 4.74 Å². The molecule has 2 amide bonds. The average Bonchev–Trinajstić information content (AvgIpc) is 3.51. The molecule has 0 atom stereocenters. The first-order valence-corrected chi connectivity index (χ1v) is 12.4. The summed E-state index contributed by atoms with van der Waals surface area (Å²) in [6.07, 6.45) is 6.08. The van der Waals surface area contributed by atoms with Crippen LogP contribution in [0.2, 0.25) is 0 Å². The Bertz CT molecular complexity index is 1140. The van der Waals surface area contributed by atoms with Crippen LogP contribution >= 0.6 is 0 Å². The Balaban J connectivity index is 1.43. The number of hydrogen-bond acceptors (Lipinski definition) is 4. The van der Waals surface area contributed by atoms with Crippen LogP contribution in [0.4, 0.5) is 0 Å². The summed E-state index contributed by atoms with van der Waals surface area (Å²) in [6, 6.07) is 11.9. The first-order valence-electron chi connectivity index (χ1n) is 12.4. The zero-order valence-corrected chi connectivity index (χ0v) is 20.9. The molecule has 0 bridgehead atoms. The highest BCUT2D eigenvalue weighted by Crippen LogP contribution is 2.26. The molecular weight excluding hydrogens is 440 g/mol. The van der Waals surface area contributed by atoms with E-state index in [1.165, 1.54) is 0 Å². The molecule has 2 fully saturated rings. The summed E-state index contributed by atoms with van der Waals surface area (Å²) in [5.74, 6) is 1.12. The van der Waals surface area contributed by atoms with Crippen LogP contribution in [0.25, 0.3) is 11.8 Å². The zero-order chi connectivity index (χ0) is 24.9. The quantitative estimate of drug-likeness (QED) is 0.463. The van der Waals surface area contributed by atoms with Crippen molar-refractivity contribution in [3.8, 4) is 17.5 Å². The number of hydrogen-bond donors (Lipinski definition) is 0. The topological polar surface area (TPSA) is 78.6 Å². The maximum Gasteiger partial charge on any atom is 0.264 e. The van der Waals surface area contributed by atoms with Crippen molar-refractivity contribution < 1.29 is 14.3 Å². The second-order valence-electron chi connectivity index (χ2n) is 9.56. The third kappa shape index (κ3) is 5.43. The highest BCUT2D eigenvalue weighted by Gasteiger charge is 2.28. The van der Waals surface area contributed by atoms with Crippen molar-refractivity contribution >= 4 is 17.9 Å². The van der Waals surface area contributed by atoms with Gasteiger partial charge in [-0.3, -0.25) is 9.59 Å². The van der Waals surface area contributed by atoms with Crippen LogP contribution in [0.3, 0.4) is 0 Å². The van der Waals surface area contributed by atoms with Crippen molar-refractivity contribution in [1.29, 1.82) is 5.26 Å². The third-order valence-electron chi connectivity index (χ3n) is 7.28. The second kappa shape index (κ2) is 10.8. The first-order chi connectivity index (χ1) is 16.9. The van der Waals surface area contributed by atoms with Crippen LogP contribution < -0.4 is 4.74 Å². The number of methoxy groups -OCH3 is 1. The van der Waals surface area contributed by atoms with Gasteiger partial charge in [0.2, 0.25) is 5.91 Å². The van der Waals surface area contributed by atoms with Crippen molar-refractivity contribution in [3.63, 3.8) is 0 Å². The summed E-state index contributed by atoms with van der Waals surface area (Å²) < 4.78 is 7.36. The number of aryl methyl sites for hydroxylation is 1. The fourth-order valence-corrected chi connectivity index (χ4v) is 5.21. The van der Waals surface area contributed by atoms with E-state index < -0.39 is 0 Å². The fourth-order valence-electron chi connectivity index (χ4n) is 5.21. The summed E-state index contributed by atoms with van der Waals surface area (Å²) in [6.45, 7) is 6.93. The van der Waals surface area contributed by atoms with Crippen molar-refractivity contribution in [2.75, 3.05) is 33.3 Å². The second-order valence-corrected chi connectivity index (χ2v) is 9.56. The maximum atomic E-state index is 13.2. The van der Waals surface area contributed by atoms with E-state index in [9.17, 15) is 14.9 Å². The predicted octanol–water partition coefficient (Wildman–Crippen LogP) is 4.26. The van der Waals surface area contributed by atoms with Gasteiger partial charge in [-0.25, -0.2) is 0 Å². The van der Waals surface area contributed by atoms with Crippen molar-refractivity contribution in [1.82, 2.24) is 14.4 Å². The number of aromatic nitrogens is 1. The number of amides is 2. The van der Waals surface area contributed by atoms with Gasteiger partial charge in [-0.05, 0) is 87.4 Å². The van der Waals surface area contributed by atoms with Gasteiger partial charge in [-0.2, -0.15) is 5.26 Å². The van der Waals surface area contributed by atoms with Crippen molar-refractivity contribution in [2.24, 2.45) is 5.92 Å². The Kier molecular flexibility index (Phi) is 7.60. The summed E-state index contributed by atoms with van der Waals surface area (Å²) >= 11 is 0. The molecule has 0 N–H and O–H groups in total. The van der Waals surface area contributed by atoms with Crippen LogP contribution in [0.1, 0.15) is 49.1 Å². The molecule has 2 saturated heterocycles. The zero-order valence-electron chi connectivity index (χ0n) is 20.9. The maximum absolute atomic E-state index is 13.2. The molecule has 2 aliphatic heterocycles. The number of nitriles is 1. The number of piperidine rings is 1. The number of carbonyl (C=O) groups is 2. The van der Waals surface area contributed by atoms with Gasteiger partial charge in [0.05, 0.1) is 7.11 Å². The minimum absolute atomic E-state index is 0.145. The molecule has 0 saturated carbocycles. The minimum Gasteiger partial charge on any atom is -0.497 e. The Morgan fingerprint density at radius 3 is 2.31 bits per heavy atom. The molecule has 1 aromatic heterocycles. The van der Waals surface area contributed by atoms with E-state index in [0.717, 1.165) is 67.2 Å². The normalized spacial score (nSPS) is 16.9. The number of ether oxygens (including phenoxy) is 1. The van der Waals surface area contributed by atoms with Gasteiger partial charge in [0.15, 0.2) is 0 Å². The Labute approximate surface area is 207 Å². The molecule has 4 rings (SSSR count). The lowest BCUT2D eigenvalue weighted by molar-refractivity contribution is -0.132. The third-order valence-corrected chi connectivity index (χ3v) is 7.28. The minimum atomic E-state index is -0.230. The summed E-state index contributed by atoms with van der Waals surface area (Å²) in [5.41, 5.74) is 3.98. The molecule has 0 unspecified atom stereocenters. The van der Waals surface area contributed by atoms with Crippen LogP contribution in [0.15, 0.2) is 35.9 Å². The van der Waals surface area contributed by atoms with Gasteiger partial charge < -0.3 is 19.1 Å². The highest BCUT2D eigenvalue weighted by molar-refractivity contribution is 6.02. The van der Waals surface area contributed by atoms with Gasteiger partial charge in [-0.1, -0.05) is 0 Å². The van der Waals surface area contributed by atoms with E-state index in [1.54, 1.807) is 18.1 Å². The van der Waals surface area contributed by atoms with E-state index in [1.807, 2.05) is 49.1 Å². The van der Waals surface area contributed by atoms with Gasteiger partial charge in [0.1, 0.15) is 17.4 Å². The van der Waals surface area contributed by atoms with Gasteiger partial charge >= 0.3 is 0 Å². The van der Waals surface area contributed by atoms with Gasteiger partial charge in [-0.15, -0.1) is 0 Å². The van der Waals surface area contributed by atoms with Crippen molar-refractivity contribution in [3.05, 3.63) is 52.9 Å². The molecule has 0 spiro atoms. The van der Waals surface area contributed by atoms with Gasteiger partial charge in [0.25, 0.3) is 5.91 Å². The predicted molar refractivity (Wildman–Crippen MR) is 135 cm³/mol. The number of nitrogens with zero attached hydrogens (tertiary/aromatic N) is 4. The molecule has 7 nitrogen and oxygen atoms in total. The molecule has 2 aliphatic rings. The van der Waals surface area contributed by atoms with Crippen LogP contribution in [0, 0.1) is 31.1 Å². The number of carbonyl (C=O) groups excluding carboxylic acids is 2. The lowest BCUT2D eigenvalue weighted by Crippen LogP contribution is -2.40. The highest BCUT2D eigenvalue weighted by atomic mass is 16.5. The number of benzene rings is 1. The lowest BCUT2D eigenvalue weighted by Gasteiger charge is -2.32. The molecular formula is C28H34N4O3. The largest absolute Gasteiger partial charge is 0.497 e. The van der Waals surface area contributed by atoms with Crippen LogP contribution in [-0.4, -0.2) is 59.5 Å². The molecule has 0 aliphatic carbocycles. The van der Waals surface area contributed by atoms with Crippen LogP contribution in [0.5, 0.6) is 5.75 Å². The number of likely N-dealkylation sites (tertiary alicyclic amines) is 2. The average molecular weight is 475 g/mol. The monoisotopic (exact) mass is 474 g/mol. The summed E-state index contributed by atoms with van der Waals surface area (Å²) in [7, 11) is 1.64. The molecule has 1 aromatic carbocycles. The van der Waals surface area contributed by atoms with Gasteiger partial charge in [0, 0.05) is 49.7 Å². The molecule has 35 heavy (non-hydrogen) atoms. The van der Waals surface area contributed by atoms with E-state index in [2.05, 4.69) is 10.6 Å². The molecule has 3 heterocycles. The Morgan fingerprint density at radius 2 is 1.71 bits per heavy atom. The molecule has 184 valence electrons.